The fourth-order valence-electron chi connectivity index (χ4n) is 2.95. The lowest BCUT2D eigenvalue weighted by Gasteiger charge is -2.09. The number of benzene rings is 3. The van der Waals surface area contributed by atoms with Crippen LogP contribution in [0.25, 0.3) is 0 Å². The molecule has 0 fully saturated rings. The van der Waals surface area contributed by atoms with E-state index < -0.39 is 0 Å². The van der Waals surface area contributed by atoms with Crippen molar-refractivity contribution in [2.45, 2.75) is 12.8 Å². The summed E-state index contributed by atoms with van der Waals surface area (Å²) in [6.07, 6.45) is 5.99. The molecular weight excluding hydrogens is 366 g/mol. The maximum absolute atomic E-state index is 10.9. The minimum Gasteiger partial charge on any atom is -0.388 e. The number of nitrogens with zero attached hydrogens (tertiary/aromatic N) is 3. The second-order valence-corrected chi connectivity index (χ2v) is 6.23. The van der Waals surface area contributed by atoms with Gasteiger partial charge in [0.2, 0.25) is 12.2 Å². The molecule has 0 atom stereocenters. The molecule has 0 aliphatic rings. The molecule has 0 bridgehead atoms. The average molecular weight is 381 g/mol. The molecule has 0 radical (unpaired) electrons. The maximum Gasteiger partial charge on any atom is 0.292 e. The van der Waals surface area contributed by atoms with E-state index >= 15 is 0 Å². The largest absolute Gasteiger partial charge is 0.388 e. The number of hydrogen-bond acceptors (Lipinski definition) is 6. The van der Waals surface area contributed by atoms with Gasteiger partial charge in [-0.2, -0.15) is 9.98 Å². The van der Waals surface area contributed by atoms with Crippen molar-refractivity contribution in [2.24, 2.45) is 9.98 Å². The van der Waals surface area contributed by atoms with Crippen molar-refractivity contribution >= 4 is 23.5 Å². The van der Waals surface area contributed by atoms with Crippen LogP contribution in [0.15, 0.2) is 76.7 Å². The van der Waals surface area contributed by atoms with Crippen molar-refractivity contribution in [1.82, 2.24) is 0 Å². The van der Waals surface area contributed by atoms with E-state index in [1.54, 1.807) is 36.6 Å². The van der Waals surface area contributed by atoms with Gasteiger partial charge in [0, 0.05) is 0 Å². The molecule has 0 aliphatic heterocycles. The summed E-state index contributed by atoms with van der Waals surface area (Å²) in [5.41, 5.74) is 5.02. The molecule has 0 spiro atoms. The van der Waals surface area contributed by atoms with Gasteiger partial charge in [0.05, 0.1) is 11.4 Å². The molecule has 0 unspecified atom stereocenters. The van der Waals surface area contributed by atoms with Crippen LogP contribution in [-0.4, -0.2) is 12.2 Å². The molecule has 29 heavy (non-hydrogen) atoms. The molecule has 0 heterocycles. The summed E-state index contributed by atoms with van der Waals surface area (Å²) in [4.78, 5) is 28.6. The highest BCUT2D eigenvalue weighted by atomic mass is 16.5. The Labute approximate surface area is 167 Å². The summed E-state index contributed by atoms with van der Waals surface area (Å²) < 4.78 is 4.78. The van der Waals surface area contributed by atoms with Crippen LogP contribution in [0, 0.1) is 11.5 Å². The quantitative estimate of drug-likeness (QED) is 0.338. The smallest absolute Gasteiger partial charge is 0.292 e. The average Bonchev–Trinajstić information content (AvgIpc) is 2.73. The first-order valence-corrected chi connectivity index (χ1v) is 8.73. The molecule has 0 aromatic heterocycles. The van der Waals surface area contributed by atoms with Gasteiger partial charge in [0.1, 0.15) is 5.75 Å². The predicted octanol–water partition coefficient (Wildman–Crippen LogP) is 4.66. The summed E-state index contributed by atoms with van der Waals surface area (Å²) in [6.45, 7) is 0. The van der Waals surface area contributed by atoms with E-state index in [-0.39, 0.29) is 0 Å². The third kappa shape index (κ3) is 5.35. The molecule has 0 N–H and O–H groups in total. The minimum atomic E-state index is 0.489. The van der Waals surface area contributed by atoms with Gasteiger partial charge in [-0.1, -0.05) is 36.4 Å². The fraction of sp³-hybridized carbons (Fsp3) is 0.0870. The highest BCUT2D eigenvalue weighted by Crippen LogP contribution is 2.26. The van der Waals surface area contributed by atoms with Crippen LogP contribution in [0.4, 0.5) is 11.4 Å². The number of nitriles is 1. The van der Waals surface area contributed by atoms with E-state index in [4.69, 9.17) is 10.00 Å². The van der Waals surface area contributed by atoms with Crippen LogP contribution in [0.3, 0.4) is 0 Å². The van der Waals surface area contributed by atoms with Crippen LogP contribution in [-0.2, 0) is 22.4 Å². The molecule has 3 aromatic carbocycles. The van der Waals surface area contributed by atoms with E-state index in [1.165, 1.54) is 6.08 Å². The Morgan fingerprint density at radius 3 is 2.03 bits per heavy atom. The molecule has 6 nitrogen and oxygen atoms in total. The minimum absolute atomic E-state index is 0.489. The van der Waals surface area contributed by atoms with Crippen molar-refractivity contribution in [3.63, 3.8) is 0 Å². The van der Waals surface area contributed by atoms with Gasteiger partial charge >= 0.3 is 0 Å². The number of hydrogen-bond donors (Lipinski definition) is 0. The first-order chi connectivity index (χ1) is 14.2. The zero-order valence-corrected chi connectivity index (χ0v) is 15.3. The molecule has 3 rings (SSSR count). The van der Waals surface area contributed by atoms with E-state index in [0.717, 1.165) is 22.3 Å². The fourth-order valence-corrected chi connectivity index (χ4v) is 2.95. The van der Waals surface area contributed by atoms with Crippen molar-refractivity contribution in [2.75, 3.05) is 0 Å². The molecule has 6 heteroatoms. The third-order valence-electron chi connectivity index (χ3n) is 4.32. The maximum atomic E-state index is 10.9. The van der Waals surface area contributed by atoms with Gasteiger partial charge in [0.25, 0.3) is 6.26 Å². The van der Waals surface area contributed by atoms with Gasteiger partial charge < -0.3 is 4.74 Å². The van der Waals surface area contributed by atoms with Crippen LogP contribution in [0.5, 0.6) is 5.75 Å². The molecule has 0 saturated heterocycles. The number of carbonyl (C=O) groups excluding carboxylic acids is 2. The van der Waals surface area contributed by atoms with E-state index in [9.17, 15) is 9.59 Å². The van der Waals surface area contributed by atoms with Crippen LogP contribution < -0.4 is 4.74 Å². The monoisotopic (exact) mass is 381 g/mol. The van der Waals surface area contributed by atoms with E-state index in [0.29, 0.717) is 30.0 Å². The lowest BCUT2D eigenvalue weighted by atomic mass is 9.98. The Balaban J connectivity index is 1.80. The first-order valence-electron chi connectivity index (χ1n) is 8.73. The Bertz CT molecular complexity index is 1130. The van der Waals surface area contributed by atoms with Gasteiger partial charge in [-0.05, 0) is 65.4 Å². The summed E-state index contributed by atoms with van der Waals surface area (Å²) in [5.74, 6) is 0.489. The Kier molecular flexibility index (Phi) is 6.44. The standard InChI is InChI=1S/C23H15N3O3/c24-14-29-22-9-4-17(5-10-22)11-19-1-6-20(23(13-19)26-16-28)12-18-2-7-21(8-3-18)25-15-27/h1-10,13H,11-12H2. The van der Waals surface area contributed by atoms with E-state index in [2.05, 4.69) is 9.98 Å². The van der Waals surface area contributed by atoms with Gasteiger partial charge in [-0.25, -0.2) is 9.59 Å². The molecule has 140 valence electrons. The summed E-state index contributed by atoms with van der Waals surface area (Å²) in [5, 5.41) is 8.54. The normalized spacial score (nSPS) is 9.62. The Morgan fingerprint density at radius 1 is 0.759 bits per heavy atom. The number of isocyanates is 2. The number of rotatable bonds is 7. The second kappa shape index (κ2) is 9.59. The van der Waals surface area contributed by atoms with Crippen molar-refractivity contribution in [1.29, 1.82) is 5.26 Å². The predicted molar refractivity (Wildman–Crippen MR) is 107 cm³/mol. The number of aliphatic imine (C=N–C) groups is 2. The second-order valence-electron chi connectivity index (χ2n) is 6.23. The molecule has 0 saturated carbocycles. The van der Waals surface area contributed by atoms with Crippen LogP contribution >= 0.6 is 0 Å². The van der Waals surface area contributed by atoms with Gasteiger partial charge in [-0.3, -0.25) is 0 Å². The zero-order valence-electron chi connectivity index (χ0n) is 15.3. The lowest BCUT2D eigenvalue weighted by Crippen LogP contribution is -1.93. The van der Waals surface area contributed by atoms with E-state index in [1.807, 2.05) is 42.5 Å². The number of ether oxygens (including phenoxy) is 1. The molecule has 3 aromatic rings. The van der Waals surface area contributed by atoms with Crippen molar-refractivity contribution in [3.8, 4) is 12.0 Å². The highest BCUT2D eigenvalue weighted by Gasteiger charge is 2.07. The zero-order chi connectivity index (χ0) is 20.5. The SMILES string of the molecule is N#COc1ccc(Cc2ccc(Cc3ccc(N=C=O)cc3)c(N=C=O)c2)cc1. The summed E-state index contributed by atoms with van der Waals surface area (Å²) in [6, 6.07) is 20.2. The van der Waals surface area contributed by atoms with Crippen LogP contribution in [0.1, 0.15) is 22.3 Å². The summed E-state index contributed by atoms with van der Waals surface area (Å²) >= 11 is 0. The van der Waals surface area contributed by atoms with Crippen molar-refractivity contribution < 1.29 is 14.3 Å². The molecular formula is C23H15N3O3. The Hall–Kier alpha value is -4.29. The molecule has 0 aliphatic carbocycles. The molecule has 0 amide bonds. The highest BCUT2D eigenvalue weighted by molar-refractivity contribution is 5.57. The third-order valence-corrected chi connectivity index (χ3v) is 4.32. The topological polar surface area (TPSA) is 91.9 Å². The van der Waals surface area contributed by atoms with Gasteiger partial charge in [-0.15, -0.1) is 5.26 Å². The lowest BCUT2D eigenvalue weighted by molar-refractivity contribution is 0.507. The van der Waals surface area contributed by atoms with Gasteiger partial charge in [0.15, 0.2) is 0 Å². The van der Waals surface area contributed by atoms with Crippen LogP contribution in [0.2, 0.25) is 0 Å². The summed E-state index contributed by atoms with van der Waals surface area (Å²) in [7, 11) is 0. The van der Waals surface area contributed by atoms with Crippen molar-refractivity contribution in [3.05, 3.63) is 89.0 Å². The first kappa shape index (κ1) is 19.5. The Morgan fingerprint density at radius 2 is 1.38 bits per heavy atom.